The molecule has 1 aromatic carbocycles. The highest BCUT2D eigenvalue weighted by molar-refractivity contribution is 5.49. The van der Waals surface area contributed by atoms with Gasteiger partial charge in [0.25, 0.3) is 5.69 Å². The molecule has 0 aliphatic rings. The SMILES string of the molecule is CNc1cnc(COc2cc([N+](=O)[O-])c(C)cc2C)cn1. The van der Waals surface area contributed by atoms with Crippen molar-refractivity contribution in [3.63, 3.8) is 0 Å². The minimum Gasteiger partial charge on any atom is -0.487 e. The maximum absolute atomic E-state index is 11.0. The van der Waals surface area contributed by atoms with Crippen LogP contribution in [0.3, 0.4) is 0 Å². The molecule has 0 saturated carbocycles. The summed E-state index contributed by atoms with van der Waals surface area (Å²) in [6.45, 7) is 3.76. The summed E-state index contributed by atoms with van der Waals surface area (Å²) in [6.07, 6.45) is 3.20. The summed E-state index contributed by atoms with van der Waals surface area (Å²) in [6, 6.07) is 3.18. The number of benzene rings is 1. The zero-order valence-corrected chi connectivity index (χ0v) is 12.1. The molecule has 7 heteroatoms. The molecule has 21 heavy (non-hydrogen) atoms. The third-order valence-electron chi connectivity index (χ3n) is 3.03. The van der Waals surface area contributed by atoms with Crippen LogP contribution in [0.4, 0.5) is 11.5 Å². The van der Waals surface area contributed by atoms with E-state index in [1.54, 1.807) is 32.4 Å². The molecule has 0 radical (unpaired) electrons. The molecule has 110 valence electrons. The van der Waals surface area contributed by atoms with Gasteiger partial charge in [0.1, 0.15) is 18.2 Å². The van der Waals surface area contributed by atoms with Gasteiger partial charge < -0.3 is 10.1 Å². The number of aromatic nitrogens is 2. The lowest BCUT2D eigenvalue weighted by atomic mass is 10.1. The molecule has 0 fully saturated rings. The highest BCUT2D eigenvalue weighted by Crippen LogP contribution is 2.28. The van der Waals surface area contributed by atoms with Crippen molar-refractivity contribution in [1.82, 2.24) is 9.97 Å². The Kier molecular flexibility index (Phi) is 4.32. The lowest BCUT2D eigenvalue weighted by Gasteiger charge is -2.10. The number of ether oxygens (including phenoxy) is 1. The summed E-state index contributed by atoms with van der Waals surface area (Å²) < 4.78 is 5.61. The predicted molar refractivity (Wildman–Crippen MR) is 78.5 cm³/mol. The fourth-order valence-electron chi connectivity index (χ4n) is 1.88. The molecule has 0 amide bonds. The zero-order chi connectivity index (χ0) is 15.4. The molecule has 2 aromatic rings. The number of anilines is 1. The number of nitrogens with one attached hydrogen (secondary N) is 1. The van der Waals surface area contributed by atoms with Crippen LogP contribution in [0, 0.1) is 24.0 Å². The first kappa shape index (κ1) is 14.7. The molecular formula is C14H16N4O3. The Morgan fingerprint density at radius 2 is 2.00 bits per heavy atom. The summed E-state index contributed by atoms with van der Waals surface area (Å²) in [5.41, 5.74) is 2.16. The third-order valence-corrected chi connectivity index (χ3v) is 3.03. The minimum atomic E-state index is -0.414. The Balaban J connectivity index is 2.15. The van der Waals surface area contributed by atoms with E-state index in [0.717, 1.165) is 5.56 Å². The topological polar surface area (TPSA) is 90.2 Å². The molecule has 1 heterocycles. The van der Waals surface area contributed by atoms with Gasteiger partial charge in [0.05, 0.1) is 29.1 Å². The molecule has 0 spiro atoms. The van der Waals surface area contributed by atoms with Crippen molar-refractivity contribution in [2.45, 2.75) is 20.5 Å². The van der Waals surface area contributed by atoms with Crippen LogP contribution in [0.25, 0.3) is 0 Å². The summed E-state index contributed by atoms with van der Waals surface area (Å²) in [4.78, 5) is 18.9. The second-order valence-electron chi connectivity index (χ2n) is 4.59. The molecule has 7 nitrogen and oxygen atoms in total. The Labute approximate surface area is 122 Å². The number of hydrogen-bond acceptors (Lipinski definition) is 6. The average molecular weight is 288 g/mol. The van der Waals surface area contributed by atoms with Crippen LogP contribution in [0.5, 0.6) is 5.75 Å². The summed E-state index contributed by atoms with van der Waals surface area (Å²) in [5.74, 6) is 1.15. The van der Waals surface area contributed by atoms with Crippen LogP contribution < -0.4 is 10.1 Å². The van der Waals surface area contributed by atoms with Crippen LogP contribution in [-0.4, -0.2) is 21.9 Å². The van der Waals surface area contributed by atoms with E-state index in [-0.39, 0.29) is 12.3 Å². The van der Waals surface area contributed by atoms with Crippen LogP contribution >= 0.6 is 0 Å². The van der Waals surface area contributed by atoms with E-state index >= 15 is 0 Å². The van der Waals surface area contributed by atoms with Crippen molar-refractivity contribution in [3.05, 3.63) is 51.5 Å². The molecule has 0 aliphatic heterocycles. The number of aryl methyl sites for hydroxylation is 2. The van der Waals surface area contributed by atoms with Gasteiger partial charge in [-0.3, -0.25) is 15.1 Å². The maximum Gasteiger partial charge on any atom is 0.276 e. The molecule has 0 bridgehead atoms. The minimum absolute atomic E-state index is 0.0483. The molecule has 2 rings (SSSR count). The fourth-order valence-corrected chi connectivity index (χ4v) is 1.88. The third kappa shape index (κ3) is 3.44. The predicted octanol–water partition coefficient (Wildman–Crippen LogP) is 2.62. The number of nitrogens with zero attached hydrogens (tertiary/aromatic N) is 3. The Morgan fingerprint density at radius 3 is 2.57 bits per heavy atom. The molecule has 0 atom stereocenters. The first-order valence-electron chi connectivity index (χ1n) is 6.38. The van der Waals surface area contributed by atoms with Crippen molar-refractivity contribution in [3.8, 4) is 5.75 Å². The lowest BCUT2D eigenvalue weighted by molar-refractivity contribution is -0.385. The van der Waals surface area contributed by atoms with Gasteiger partial charge in [0.2, 0.25) is 0 Å². The maximum atomic E-state index is 11.0. The average Bonchev–Trinajstić information content (AvgIpc) is 2.46. The number of nitro groups is 1. The Hall–Kier alpha value is -2.70. The summed E-state index contributed by atoms with van der Waals surface area (Å²) in [7, 11) is 1.76. The Morgan fingerprint density at radius 1 is 1.24 bits per heavy atom. The fraction of sp³-hybridized carbons (Fsp3) is 0.286. The lowest BCUT2D eigenvalue weighted by Crippen LogP contribution is -2.03. The van der Waals surface area contributed by atoms with E-state index in [4.69, 9.17) is 4.74 Å². The van der Waals surface area contributed by atoms with Crippen molar-refractivity contribution in [2.75, 3.05) is 12.4 Å². The number of nitro benzene ring substituents is 1. The van der Waals surface area contributed by atoms with Crippen molar-refractivity contribution in [2.24, 2.45) is 0 Å². The summed E-state index contributed by atoms with van der Waals surface area (Å²) >= 11 is 0. The van der Waals surface area contributed by atoms with Gasteiger partial charge in [-0.05, 0) is 25.5 Å². The van der Waals surface area contributed by atoms with Crippen LogP contribution in [-0.2, 0) is 6.61 Å². The molecule has 0 aliphatic carbocycles. The molecule has 1 N–H and O–H groups in total. The van der Waals surface area contributed by atoms with Crippen molar-refractivity contribution < 1.29 is 9.66 Å². The van der Waals surface area contributed by atoms with E-state index in [1.165, 1.54) is 6.07 Å². The molecule has 0 saturated heterocycles. The van der Waals surface area contributed by atoms with Gasteiger partial charge in [-0.25, -0.2) is 4.98 Å². The van der Waals surface area contributed by atoms with Gasteiger partial charge in [-0.15, -0.1) is 0 Å². The van der Waals surface area contributed by atoms with Crippen LogP contribution in [0.2, 0.25) is 0 Å². The highest BCUT2D eigenvalue weighted by atomic mass is 16.6. The standard InChI is InChI=1S/C14H16N4O3/c1-9-4-10(2)13(5-12(9)18(19)20)21-8-11-6-17-14(15-3)7-16-11/h4-7H,8H2,1-3H3,(H,15,17). The molecular weight excluding hydrogens is 272 g/mol. The Bertz CT molecular complexity index is 656. The first-order valence-corrected chi connectivity index (χ1v) is 6.38. The second kappa shape index (κ2) is 6.17. The smallest absolute Gasteiger partial charge is 0.276 e. The quantitative estimate of drug-likeness (QED) is 0.672. The summed E-state index contributed by atoms with van der Waals surface area (Å²) in [5, 5.41) is 13.8. The van der Waals surface area contributed by atoms with Gasteiger partial charge in [0.15, 0.2) is 0 Å². The van der Waals surface area contributed by atoms with Crippen LogP contribution in [0.15, 0.2) is 24.5 Å². The van der Waals surface area contributed by atoms with Gasteiger partial charge >= 0.3 is 0 Å². The van der Waals surface area contributed by atoms with E-state index in [2.05, 4.69) is 15.3 Å². The van der Waals surface area contributed by atoms with E-state index in [9.17, 15) is 10.1 Å². The van der Waals surface area contributed by atoms with Gasteiger partial charge in [0, 0.05) is 12.6 Å². The van der Waals surface area contributed by atoms with E-state index in [1.807, 2.05) is 6.92 Å². The largest absolute Gasteiger partial charge is 0.487 e. The first-order chi connectivity index (χ1) is 10.0. The van der Waals surface area contributed by atoms with Crippen molar-refractivity contribution >= 4 is 11.5 Å². The van der Waals surface area contributed by atoms with Gasteiger partial charge in [-0.2, -0.15) is 0 Å². The normalized spacial score (nSPS) is 10.2. The van der Waals surface area contributed by atoms with Crippen molar-refractivity contribution in [1.29, 1.82) is 0 Å². The molecule has 1 aromatic heterocycles. The van der Waals surface area contributed by atoms with Gasteiger partial charge in [-0.1, -0.05) is 0 Å². The van der Waals surface area contributed by atoms with Crippen LogP contribution in [0.1, 0.15) is 16.8 Å². The number of rotatable bonds is 5. The number of hydrogen-bond donors (Lipinski definition) is 1. The zero-order valence-electron chi connectivity index (χ0n) is 12.1. The molecule has 0 unspecified atom stereocenters. The second-order valence-corrected chi connectivity index (χ2v) is 4.59. The monoisotopic (exact) mass is 288 g/mol. The van der Waals surface area contributed by atoms with E-state index < -0.39 is 4.92 Å². The van der Waals surface area contributed by atoms with E-state index in [0.29, 0.717) is 22.8 Å². The highest BCUT2D eigenvalue weighted by Gasteiger charge is 2.14.